The van der Waals surface area contributed by atoms with Crippen molar-refractivity contribution in [1.29, 1.82) is 0 Å². The van der Waals surface area contributed by atoms with E-state index in [-0.39, 0.29) is 22.9 Å². The standard InChI is InChI=1S/C20H30O3/c1-13-6-5-7-16-19(3,9-8-15-11-18(22)23-12-15)14(2)10-17(21)20(13,16)4/h6,11,14,16-17,21H,5,7-10,12H2,1-4H3/t14-,16+,17-,19-,20+/m1/s1. The molecule has 0 unspecified atom stereocenters. The lowest BCUT2D eigenvalue weighted by Crippen LogP contribution is -2.56. The molecule has 3 aliphatic rings. The van der Waals surface area contributed by atoms with Gasteiger partial charge in [0.05, 0.1) is 6.10 Å². The summed E-state index contributed by atoms with van der Waals surface area (Å²) in [6.07, 6.45) is 8.87. The predicted molar refractivity (Wildman–Crippen MR) is 90.8 cm³/mol. The van der Waals surface area contributed by atoms with Gasteiger partial charge in [-0.25, -0.2) is 4.79 Å². The molecule has 0 radical (unpaired) electrons. The third-order valence-electron chi connectivity index (χ3n) is 7.38. The molecule has 1 heterocycles. The van der Waals surface area contributed by atoms with Gasteiger partial charge >= 0.3 is 5.97 Å². The Hall–Kier alpha value is -1.09. The number of hydrogen-bond acceptors (Lipinski definition) is 3. The molecule has 0 amide bonds. The number of allylic oxidation sites excluding steroid dienone is 1. The van der Waals surface area contributed by atoms with E-state index >= 15 is 0 Å². The second-order valence-corrected chi connectivity index (χ2v) is 8.37. The van der Waals surface area contributed by atoms with E-state index in [9.17, 15) is 9.90 Å². The zero-order chi connectivity index (χ0) is 16.8. The fourth-order valence-corrected chi connectivity index (χ4v) is 5.37. The van der Waals surface area contributed by atoms with Crippen LogP contribution in [-0.4, -0.2) is 23.8 Å². The number of carbonyl (C=O) groups excluding carboxylic acids is 1. The number of cyclic esters (lactones) is 1. The van der Waals surface area contributed by atoms with E-state index < -0.39 is 0 Å². The van der Waals surface area contributed by atoms with Gasteiger partial charge in [0, 0.05) is 11.5 Å². The average Bonchev–Trinajstić information content (AvgIpc) is 2.92. The van der Waals surface area contributed by atoms with Gasteiger partial charge < -0.3 is 9.84 Å². The highest BCUT2D eigenvalue weighted by molar-refractivity contribution is 5.85. The van der Waals surface area contributed by atoms with Gasteiger partial charge in [0.2, 0.25) is 0 Å². The van der Waals surface area contributed by atoms with Crippen LogP contribution in [0.25, 0.3) is 0 Å². The van der Waals surface area contributed by atoms with Gasteiger partial charge in [0.15, 0.2) is 0 Å². The van der Waals surface area contributed by atoms with Crippen LogP contribution in [-0.2, 0) is 9.53 Å². The maximum Gasteiger partial charge on any atom is 0.331 e. The Labute approximate surface area is 139 Å². The Bertz CT molecular complexity index is 561. The van der Waals surface area contributed by atoms with E-state index in [1.165, 1.54) is 5.57 Å². The molecule has 0 spiro atoms. The first-order valence-corrected chi connectivity index (χ1v) is 9.00. The Morgan fingerprint density at radius 1 is 1.39 bits per heavy atom. The fourth-order valence-electron chi connectivity index (χ4n) is 5.37. The zero-order valence-electron chi connectivity index (χ0n) is 14.9. The maximum absolute atomic E-state index is 11.3. The lowest BCUT2D eigenvalue weighted by Gasteiger charge is -2.60. The minimum Gasteiger partial charge on any atom is -0.458 e. The Kier molecular flexibility index (Phi) is 4.20. The molecule has 0 saturated heterocycles. The number of hydrogen-bond donors (Lipinski definition) is 1. The van der Waals surface area contributed by atoms with Crippen molar-refractivity contribution in [3.8, 4) is 0 Å². The average molecular weight is 318 g/mol. The van der Waals surface area contributed by atoms with Crippen LogP contribution in [0, 0.1) is 22.7 Å². The number of ether oxygens (including phenoxy) is 1. The summed E-state index contributed by atoms with van der Waals surface area (Å²) in [5.74, 6) is 0.788. The zero-order valence-corrected chi connectivity index (χ0v) is 14.9. The van der Waals surface area contributed by atoms with Crippen LogP contribution in [0.1, 0.15) is 59.8 Å². The van der Waals surface area contributed by atoms with E-state index in [1.54, 1.807) is 6.08 Å². The number of fused-ring (bicyclic) bond motifs is 1. The first-order chi connectivity index (χ1) is 10.8. The summed E-state index contributed by atoms with van der Waals surface area (Å²) >= 11 is 0. The van der Waals surface area contributed by atoms with E-state index in [4.69, 9.17) is 4.74 Å². The van der Waals surface area contributed by atoms with Gasteiger partial charge in [0.25, 0.3) is 0 Å². The third kappa shape index (κ3) is 2.57. The van der Waals surface area contributed by atoms with Crippen LogP contribution < -0.4 is 0 Å². The molecule has 0 aromatic heterocycles. The molecule has 1 saturated carbocycles. The van der Waals surface area contributed by atoms with E-state index in [0.29, 0.717) is 18.4 Å². The molecule has 1 aliphatic heterocycles. The Morgan fingerprint density at radius 3 is 2.78 bits per heavy atom. The molecule has 0 aromatic rings. The molecule has 3 heteroatoms. The fraction of sp³-hybridized carbons (Fsp3) is 0.750. The largest absolute Gasteiger partial charge is 0.458 e. The SMILES string of the molecule is CC1=CCC[C@H]2[C@](C)(CCC3=CC(=O)OC3)[C@H](C)C[C@@H](O)[C@@]12C. The van der Waals surface area contributed by atoms with E-state index in [1.807, 2.05) is 0 Å². The lowest BCUT2D eigenvalue weighted by molar-refractivity contribution is -0.135. The highest BCUT2D eigenvalue weighted by atomic mass is 16.5. The molecule has 128 valence electrons. The van der Waals surface area contributed by atoms with E-state index in [0.717, 1.165) is 37.7 Å². The molecule has 0 aromatic carbocycles. The summed E-state index contributed by atoms with van der Waals surface area (Å²) < 4.78 is 5.05. The monoisotopic (exact) mass is 318 g/mol. The number of rotatable bonds is 3. The highest BCUT2D eigenvalue weighted by Crippen LogP contribution is 2.61. The first kappa shape index (κ1) is 16.8. The minimum absolute atomic E-state index is 0.101. The Balaban J connectivity index is 1.85. The van der Waals surface area contributed by atoms with Crippen LogP contribution in [0.5, 0.6) is 0 Å². The van der Waals surface area contributed by atoms with Gasteiger partial charge in [-0.1, -0.05) is 32.4 Å². The molecule has 0 bridgehead atoms. The lowest BCUT2D eigenvalue weighted by atomic mass is 9.46. The molecule has 5 atom stereocenters. The topological polar surface area (TPSA) is 46.5 Å². The first-order valence-electron chi connectivity index (χ1n) is 9.00. The highest BCUT2D eigenvalue weighted by Gasteiger charge is 2.57. The van der Waals surface area contributed by atoms with Gasteiger partial charge in [-0.2, -0.15) is 0 Å². The maximum atomic E-state index is 11.3. The molecular formula is C20H30O3. The molecule has 2 aliphatic carbocycles. The van der Waals surface area contributed by atoms with Crippen LogP contribution in [0.3, 0.4) is 0 Å². The molecule has 3 rings (SSSR count). The number of aliphatic hydroxyl groups excluding tert-OH is 1. The number of esters is 1. The number of carbonyl (C=O) groups is 1. The summed E-state index contributed by atoms with van der Waals surface area (Å²) in [6.45, 7) is 9.62. The van der Waals surface area contributed by atoms with Crippen LogP contribution >= 0.6 is 0 Å². The second-order valence-electron chi connectivity index (χ2n) is 8.37. The van der Waals surface area contributed by atoms with Gasteiger partial charge in [-0.05, 0) is 61.9 Å². The van der Waals surface area contributed by atoms with Crippen molar-refractivity contribution in [2.45, 2.75) is 65.9 Å². The Morgan fingerprint density at radius 2 is 2.13 bits per heavy atom. The van der Waals surface area contributed by atoms with Crippen molar-refractivity contribution in [2.24, 2.45) is 22.7 Å². The van der Waals surface area contributed by atoms with Crippen LogP contribution in [0.2, 0.25) is 0 Å². The van der Waals surface area contributed by atoms with Gasteiger partial charge in [-0.3, -0.25) is 0 Å². The van der Waals surface area contributed by atoms with Crippen molar-refractivity contribution in [1.82, 2.24) is 0 Å². The summed E-state index contributed by atoms with van der Waals surface area (Å²) in [4.78, 5) is 11.3. The molecule has 3 nitrogen and oxygen atoms in total. The quantitative estimate of drug-likeness (QED) is 0.631. The minimum atomic E-state index is -0.247. The van der Waals surface area contributed by atoms with Crippen molar-refractivity contribution in [3.05, 3.63) is 23.3 Å². The summed E-state index contributed by atoms with van der Waals surface area (Å²) in [5, 5.41) is 10.8. The predicted octanol–water partition coefficient (Wildman–Crippen LogP) is 4.02. The number of aliphatic hydroxyl groups is 1. The van der Waals surface area contributed by atoms with Crippen LogP contribution in [0.15, 0.2) is 23.3 Å². The summed E-state index contributed by atoms with van der Waals surface area (Å²) in [7, 11) is 0. The smallest absolute Gasteiger partial charge is 0.331 e. The normalized spacial score (nSPS) is 43.5. The second kappa shape index (κ2) is 5.77. The summed E-state index contributed by atoms with van der Waals surface area (Å²) in [5.41, 5.74) is 2.57. The molecule has 23 heavy (non-hydrogen) atoms. The van der Waals surface area contributed by atoms with E-state index in [2.05, 4.69) is 33.8 Å². The molecule has 1 fully saturated rings. The molecule has 1 N–H and O–H groups in total. The van der Waals surface area contributed by atoms with Crippen molar-refractivity contribution in [2.75, 3.05) is 6.61 Å². The third-order valence-corrected chi connectivity index (χ3v) is 7.38. The van der Waals surface area contributed by atoms with Gasteiger partial charge in [0.1, 0.15) is 6.61 Å². The molecular weight excluding hydrogens is 288 g/mol. The van der Waals surface area contributed by atoms with Gasteiger partial charge in [-0.15, -0.1) is 0 Å². The van der Waals surface area contributed by atoms with Crippen LogP contribution in [0.4, 0.5) is 0 Å². The van der Waals surface area contributed by atoms with Crippen molar-refractivity contribution >= 4 is 5.97 Å². The summed E-state index contributed by atoms with van der Waals surface area (Å²) in [6, 6.07) is 0. The van der Waals surface area contributed by atoms with Crippen molar-refractivity contribution in [3.63, 3.8) is 0 Å². The van der Waals surface area contributed by atoms with Crippen molar-refractivity contribution < 1.29 is 14.6 Å².